The number of carbonyl (C=O) groups is 4. The van der Waals surface area contributed by atoms with Crippen LogP contribution < -0.4 is 10.1 Å². The molecular formula is C27H28N6O7S. The molecule has 0 radical (unpaired) electrons. The van der Waals surface area contributed by atoms with Crippen LogP contribution in [0.2, 0.25) is 0 Å². The van der Waals surface area contributed by atoms with Gasteiger partial charge in [-0.3, -0.25) is 19.4 Å². The number of amides is 2. The molecule has 0 spiro atoms. The van der Waals surface area contributed by atoms with Crippen molar-refractivity contribution in [1.29, 1.82) is 0 Å². The summed E-state index contributed by atoms with van der Waals surface area (Å²) in [7, 11) is -4.57. The monoisotopic (exact) mass is 580 g/mol. The van der Waals surface area contributed by atoms with E-state index in [-0.39, 0.29) is 36.9 Å². The summed E-state index contributed by atoms with van der Waals surface area (Å²) in [6.07, 6.45) is 2.07. The van der Waals surface area contributed by atoms with Gasteiger partial charge in [0, 0.05) is 12.7 Å². The van der Waals surface area contributed by atoms with Crippen molar-refractivity contribution in [2.45, 2.75) is 44.8 Å². The number of sulfonamides is 1. The number of rotatable bonds is 7. The Balaban J connectivity index is 1.31. The van der Waals surface area contributed by atoms with Gasteiger partial charge in [0.1, 0.15) is 17.8 Å². The van der Waals surface area contributed by atoms with E-state index in [0.717, 1.165) is 4.31 Å². The van der Waals surface area contributed by atoms with Crippen LogP contribution in [0.15, 0.2) is 54.9 Å². The Hall–Kier alpha value is -4.30. The first kappa shape index (κ1) is 28.2. The fourth-order valence-electron chi connectivity index (χ4n) is 5.21. The van der Waals surface area contributed by atoms with E-state index in [9.17, 15) is 27.6 Å². The molecule has 2 aliphatic rings. The van der Waals surface area contributed by atoms with E-state index < -0.39 is 57.6 Å². The van der Waals surface area contributed by atoms with Crippen LogP contribution in [-0.4, -0.2) is 86.7 Å². The normalized spacial score (nSPS) is 19.8. The average molecular weight is 581 g/mol. The molecule has 3 unspecified atom stereocenters. The number of ketones is 1. The number of likely N-dealkylation sites (tertiary alicyclic amines) is 1. The molecule has 5 rings (SSSR count). The maximum Gasteiger partial charge on any atom is 0.414 e. The van der Waals surface area contributed by atoms with Crippen LogP contribution in [0, 0.1) is 5.92 Å². The fourth-order valence-corrected chi connectivity index (χ4v) is 6.68. The number of para-hydroxylation sites is 2. The molecular weight excluding hydrogens is 552 g/mol. The van der Waals surface area contributed by atoms with E-state index in [0.29, 0.717) is 11.0 Å². The lowest BCUT2D eigenvalue weighted by molar-refractivity contribution is -0.138. The molecule has 2 aliphatic heterocycles. The molecule has 3 aromatic rings. The maximum atomic E-state index is 13.7. The quantitative estimate of drug-likeness (QED) is 0.433. The van der Waals surface area contributed by atoms with Gasteiger partial charge < -0.3 is 15.0 Å². The molecule has 41 heavy (non-hydrogen) atoms. The molecule has 4 heterocycles. The number of Topliss-reactive ketones (excluding diaryl/α,β-unsaturated/α-hetero) is 1. The number of fused-ring (bicyclic) bond motifs is 2. The molecule has 14 heteroatoms. The van der Waals surface area contributed by atoms with Crippen molar-refractivity contribution in [3.63, 3.8) is 0 Å². The zero-order valence-electron chi connectivity index (χ0n) is 22.3. The number of carbonyl (C=O) groups excluding carboxylic acids is 4. The molecule has 2 saturated heterocycles. The summed E-state index contributed by atoms with van der Waals surface area (Å²) < 4.78 is 32.5. The molecule has 0 bridgehead atoms. The molecule has 214 valence electrons. The number of benzene rings is 1. The summed E-state index contributed by atoms with van der Waals surface area (Å²) in [5.74, 6) is -1.12. The van der Waals surface area contributed by atoms with Crippen molar-refractivity contribution in [2.24, 2.45) is 5.92 Å². The van der Waals surface area contributed by atoms with E-state index in [1.807, 2.05) is 13.8 Å². The van der Waals surface area contributed by atoms with Crippen LogP contribution in [0.4, 0.5) is 4.79 Å². The zero-order valence-corrected chi connectivity index (χ0v) is 23.2. The Kier molecular flexibility index (Phi) is 7.78. The SMILES string of the molecule is CC(C)CC(NC(=O)Oc1cnc2ccccc2n1)C(=O)N1CCC2C1C(=O)CN2S(=O)(=O)C(=O)c1ccccn1. The average Bonchev–Trinajstić information content (AvgIpc) is 3.53. The van der Waals surface area contributed by atoms with Crippen LogP contribution in [0.3, 0.4) is 0 Å². The Morgan fingerprint density at radius 1 is 1.07 bits per heavy atom. The summed E-state index contributed by atoms with van der Waals surface area (Å²) in [5, 5.41) is 1.36. The maximum absolute atomic E-state index is 13.7. The van der Waals surface area contributed by atoms with Crippen LogP contribution >= 0.6 is 0 Å². The Morgan fingerprint density at radius 2 is 1.80 bits per heavy atom. The third kappa shape index (κ3) is 5.65. The Morgan fingerprint density at radius 3 is 2.51 bits per heavy atom. The van der Waals surface area contributed by atoms with Gasteiger partial charge in [-0.2, -0.15) is 4.31 Å². The molecule has 2 fully saturated rings. The Labute approximate surface area is 236 Å². The van der Waals surface area contributed by atoms with Crippen LogP contribution in [0.25, 0.3) is 11.0 Å². The summed E-state index contributed by atoms with van der Waals surface area (Å²) in [6.45, 7) is 3.27. The van der Waals surface area contributed by atoms with E-state index in [1.54, 1.807) is 30.3 Å². The van der Waals surface area contributed by atoms with E-state index >= 15 is 0 Å². The van der Waals surface area contributed by atoms with E-state index in [4.69, 9.17) is 4.74 Å². The second-order valence-electron chi connectivity index (χ2n) is 10.3. The molecule has 13 nitrogen and oxygen atoms in total. The largest absolute Gasteiger partial charge is 0.414 e. The Bertz CT molecular complexity index is 1610. The summed E-state index contributed by atoms with van der Waals surface area (Å²) in [4.78, 5) is 65.8. The molecule has 2 aromatic heterocycles. The first-order valence-corrected chi connectivity index (χ1v) is 14.5. The van der Waals surface area contributed by atoms with Gasteiger partial charge in [0.2, 0.25) is 11.8 Å². The highest BCUT2D eigenvalue weighted by Crippen LogP contribution is 2.33. The van der Waals surface area contributed by atoms with Gasteiger partial charge in [-0.15, -0.1) is 0 Å². The van der Waals surface area contributed by atoms with Gasteiger partial charge >= 0.3 is 11.2 Å². The highest BCUT2D eigenvalue weighted by molar-refractivity contribution is 8.04. The standard InChI is InChI=1S/C27H28N6O7S/c1-16(2)13-20(31-27(37)40-23-14-29-17-7-3-4-8-18(17)30-23)25(35)32-12-10-21-24(32)22(34)15-33(21)41(38,39)26(36)19-9-5-6-11-28-19/h3-9,11,14,16,20-21,24H,10,12-13,15H2,1-2H3,(H,31,37). The van der Waals surface area contributed by atoms with Crippen molar-refractivity contribution in [3.8, 4) is 5.88 Å². The fraction of sp³-hybridized carbons (Fsp3) is 0.370. The first-order chi connectivity index (χ1) is 19.6. The number of hydrogen-bond acceptors (Lipinski definition) is 10. The van der Waals surface area contributed by atoms with Crippen LogP contribution in [0.5, 0.6) is 5.88 Å². The number of ether oxygens (including phenoxy) is 1. The number of pyridine rings is 1. The minimum Gasteiger partial charge on any atom is -0.390 e. The number of aromatic nitrogens is 3. The summed E-state index contributed by atoms with van der Waals surface area (Å²) in [6, 6.07) is 8.34. The van der Waals surface area contributed by atoms with Gasteiger partial charge in [0.15, 0.2) is 5.78 Å². The van der Waals surface area contributed by atoms with Crippen molar-refractivity contribution in [2.75, 3.05) is 13.1 Å². The lowest BCUT2D eigenvalue weighted by Crippen LogP contribution is -2.53. The second kappa shape index (κ2) is 11.3. The molecule has 0 aliphatic carbocycles. The van der Waals surface area contributed by atoms with Gasteiger partial charge in [0.25, 0.3) is 10.0 Å². The van der Waals surface area contributed by atoms with Gasteiger partial charge in [-0.05, 0) is 43.0 Å². The first-order valence-electron chi connectivity index (χ1n) is 13.1. The number of hydrogen-bond donors (Lipinski definition) is 1. The second-order valence-corrected chi connectivity index (χ2v) is 12.1. The molecule has 1 aromatic carbocycles. The number of nitrogens with zero attached hydrogens (tertiary/aromatic N) is 5. The highest BCUT2D eigenvalue weighted by atomic mass is 32.2. The van der Waals surface area contributed by atoms with Crippen molar-refractivity contribution < 1.29 is 32.3 Å². The third-order valence-corrected chi connectivity index (χ3v) is 8.69. The predicted molar refractivity (Wildman–Crippen MR) is 145 cm³/mol. The number of nitrogens with one attached hydrogen (secondary N) is 1. The third-order valence-electron chi connectivity index (χ3n) is 7.00. The van der Waals surface area contributed by atoms with Crippen molar-refractivity contribution in [1.82, 2.24) is 29.5 Å². The lowest BCUT2D eigenvalue weighted by Gasteiger charge is -2.28. The molecule has 1 N–H and O–H groups in total. The smallest absolute Gasteiger partial charge is 0.390 e. The van der Waals surface area contributed by atoms with Crippen molar-refractivity contribution >= 4 is 44.0 Å². The van der Waals surface area contributed by atoms with Crippen LogP contribution in [0.1, 0.15) is 37.2 Å². The van der Waals surface area contributed by atoms with Crippen LogP contribution in [-0.2, 0) is 19.6 Å². The lowest BCUT2D eigenvalue weighted by atomic mass is 10.0. The van der Waals surface area contributed by atoms with Crippen molar-refractivity contribution in [3.05, 3.63) is 60.6 Å². The van der Waals surface area contributed by atoms with Gasteiger partial charge in [0.05, 0.1) is 29.8 Å². The van der Waals surface area contributed by atoms with Gasteiger partial charge in [-0.25, -0.2) is 23.2 Å². The zero-order chi connectivity index (χ0) is 29.3. The molecule has 0 saturated carbocycles. The topological polar surface area (TPSA) is 169 Å². The highest BCUT2D eigenvalue weighted by Gasteiger charge is 2.55. The molecule has 2 amide bonds. The minimum atomic E-state index is -4.57. The molecule has 3 atom stereocenters. The van der Waals surface area contributed by atoms with Gasteiger partial charge in [-0.1, -0.05) is 32.0 Å². The summed E-state index contributed by atoms with van der Waals surface area (Å²) in [5.41, 5.74) is 0.886. The summed E-state index contributed by atoms with van der Waals surface area (Å²) >= 11 is 0. The predicted octanol–water partition coefficient (Wildman–Crippen LogP) is 1.55. The van der Waals surface area contributed by atoms with E-state index in [2.05, 4.69) is 20.3 Å². The van der Waals surface area contributed by atoms with E-state index in [1.165, 1.54) is 29.4 Å². The minimum absolute atomic E-state index is 0.0183.